The van der Waals surface area contributed by atoms with Gasteiger partial charge >= 0.3 is 5.97 Å². The molecule has 0 saturated carbocycles. The third-order valence-electron chi connectivity index (χ3n) is 3.31. The van der Waals surface area contributed by atoms with E-state index in [0.29, 0.717) is 10.6 Å². The molecular weight excluding hydrogens is 388 g/mol. The van der Waals surface area contributed by atoms with E-state index in [9.17, 15) is 25.0 Å². The van der Waals surface area contributed by atoms with Crippen molar-refractivity contribution in [1.82, 2.24) is 0 Å². The van der Waals surface area contributed by atoms with Crippen molar-refractivity contribution >= 4 is 28.9 Å². The van der Waals surface area contributed by atoms with E-state index in [1.54, 1.807) is 30.3 Å². The number of carbonyl (C=O) groups excluding carboxylic acids is 1. The summed E-state index contributed by atoms with van der Waals surface area (Å²) in [5, 5.41) is 21.0. The van der Waals surface area contributed by atoms with Gasteiger partial charge < -0.3 is 4.74 Å². The van der Waals surface area contributed by atoms with Crippen LogP contribution in [0.25, 0.3) is 0 Å². The predicted octanol–water partition coefficient (Wildman–Crippen LogP) is 5.06. The number of esters is 1. The molecule has 0 aromatic heterocycles. The van der Waals surface area contributed by atoms with Gasteiger partial charge in [-0.25, -0.2) is 4.79 Å². The lowest BCUT2D eigenvalue weighted by Crippen LogP contribution is -2.07. The Bertz CT molecular complexity index is 960. The molecule has 0 aliphatic rings. The fourth-order valence-electron chi connectivity index (χ4n) is 1.94. The first kappa shape index (κ1) is 20.5. The van der Waals surface area contributed by atoms with Gasteiger partial charge in [0.05, 0.1) is 15.4 Å². The van der Waals surface area contributed by atoms with Gasteiger partial charge in [0.2, 0.25) is 0 Å². The standard InChI is InChI=1S/C13H9NO4.C6H4ClNO2/c15-13(10-4-2-1-3-5-10)18-12-8-6-11(7-9-12)14(16)17;7-5-1-3-6(4-2-5)8(9)10/h1-9H;1-4H. The van der Waals surface area contributed by atoms with Gasteiger partial charge in [-0.1, -0.05) is 29.8 Å². The van der Waals surface area contributed by atoms with Gasteiger partial charge in [-0.05, 0) is 36.4 Å². The third-order valence-corrected chi connectivity index (χ3v) is 3.56. The zero-order valence-corrected chi connectivity index (χ0v) is 15.0. The fraction of sp³-hybridized carbons (Fsp3) is 0. The molecular formula is C19H13ClN2O6. The highest BCUT2D eigenvalue weighted by molar-refractivity contribution is 6.30. The Balaban J connectivity index is 0.000000237. The van der Waals surface area contributed by atoms with Gasteiger partial charge in [-0.2, -0.15) is 0 Å². The zero-order chi connectivity index (χ0) is 20.5. The number of ether oxygens (including phenoxy) is 1. The summed E-state index contributed by atoms with van der Waals surface area (Å²) < 4.78 is 5.07. The Morgan fingerprint density at radius 3 is 1.68 bits per heavy atom. The molecule has 0 N–H and O–H groups in total. The van der Waals surface area contributed by atoms with Crippen LogP contribution in [0.5, 0.6) is 5.75 Å². The van der Waals surface area contributed by atoms with Crippen molar-refractivity contribution in [2.45, 2.75) is 0 Å². The Morgan fingerprint density at radius 2 is 1.21 bits per heavy atom. The summed E-state index contributed by atoms with van der Waals surface area (Å²) in [4.78, 5) is 31.2. The number of nitro groups is 2. The maximum Gasteiger partial charge on any atom is 0.343 e. The van der Waals surface area contributed by atoms with Crippen LogP contribution in [0.4, 0.5) is 11.4 Å². The molecule has 0 fully saturated rings. The molecule has 0 aliphatic carbocycles. The van der Waals surface area contributed by atoms with Crippen LogP contribution in [0.15, 0.2) is 78.9 Å². The minimum atomic E-state index is -0.511. The molecule has 0 saturated heterocycles. The number of carbonyl (C=O) groups is 1. The largest absolute Gasteiger partial charge is 0.423 e. The molecule has 142 valence electrons. The molecule has 3 aromatic carbocycles. The van der Waals surface area contributed by atoms with Gasteiger partial charge in [0.15, 0.2) is 0 Å². The molecule has 0 unspecified atom stereocenters. The first-order chi connectivity index (χ1) is 13.4. The summed E-state index contributed by atoms with van der Waals surface area (Å²) in [6, 6.07) is 19.6. The fourth-order valence-corrected chi connectivity index (χ4v) is 2.06. The van der Waals surface area contributed by atoms with Crippen LogP contribution in [0.1, 0.15) is 10.4 Å². The number of nitro benzene ring substituents is 2. The van der Waals surface area contributed by atoms with Crippen molar-refractivity contribution in [2.24, 2.45) is 0 Å². The van der Waals surface area contributed by atoms with Crippen LogP contribution in [-0.2, 0) is 0 Å². The number of non-ortho nitro benzene ring substituents is 2. The second-order valence-corrected chi connectivity index (χ2v) is 5.68. The second-order valence-electron chi connectivity index (χ2n) is 5.24. The van der Waals surface area contributed by atoms with E-state index in [1.165, 1.54) is 48.5 Å². The van der Waals surface area contributed by atoms with Crippen LogP contribution in [0.2, 0.25) is 5.02 Å². The molecule has 0 radical (unpaired) electrons. The van der Waals surface area contributed by atoms with E-state index >= 15 is 0 Å². The van der Waals surface area contributed by atoms with E-state index in [2.05, 4.69) is 0 Å². The molecule has 0 aliphatic heterocycles. The predicted molar refractivity (Wildman–Crippen MR) is 103 cm³/mol. The summed E-state index contributed by atoms with van der Waals surface area (Å²) in [5.74, 6) is -0.223. The highest BCUT2D eigenvalue weighted by Gasteiger charge is 2.09. The lowest BCUT2D eigenvalue weighted by Gasteiger charge is -2.03. The minimum Gasteiger partial charge on any atom is -0.423 e. The highest BCUT2D eigenvalue weighted by atomic mass is 35.5. The van der Waals surface area contributed by atoms with E-state index < -0.39 is 15.8 Å². The van der Waals surface area contributed by atoms with Gasteiger partial charge in [-0.15, -0.1) is 0 Å². The Hall–Kier alpha value is -3.78. The quantitative estimate of drug-likeness (QED) is 0.262. The maximum atomic E-state index is 11.7. The Morgan fingerprint density at radius 1 is 0.750 bits per heavy atom. The molecule has 3 rings (SSSR count). The number of benzene rings is 3. The second kappa shape index (κ2) is 9.79. The van der Waals surface area contributed by atoms with Crippen LogP contribution in [-0.4, -0.2) is 15.8 Å². The summed E-state index contributed by atoms with van der Waals surface area (Å²) >= 11 is 5.49. The van der Waals surface area contributed by atoms with E-state index in [0.717, 1.165) is 0 Å². The molecule has 0 spiro atoms. The summed E-state index contributed by atoms with van der Waals surface area (Å²) in [6.45, 7) is 0. The smallest absolute Gasteiger partial charge is 0.343 e. The van der Waals surface area contributed by atoms with E-state index in [1.807, 2.05) is 0 Å². The van der Waals surface area contributed by atoms with Crippen molar-refractivity contribution < 1.29 is 19.4 Å². The third kappa shape index (κ3) is 6.19. The number of rotatable bonds is 4. The normalized spacial score (nSPS) is 9.61. The zero-order valence-electron chi connectivity index (χ0n) is 14.2. The number of halogens is 1. The van der Waals surface area contributed by atoms with Crippen LogP contribution in [0.3, 0.4) is 0 Å². The van der Waals surface area contributed by atoms with Gasteiger partial charge in [0.1, 0.15) is 5.75 Å². The number of hydrogen-bond donors (Lipinski definition) is 0. The van der Waals surface area contributed by atoms with E-state index in [4.69, 9.17) is 16.3 Å². The molecule has 0 heterocycles. The number of nitrogens with zero attached hydrogens (tertiary/aromatic N) is 2. The average Bonchev–Trinajstić information content (AvgIpc) is 2.70. The molecule has 8 nitrogen and oxygen atoms in total. The number of hydrogen-bond acceptors (Lipinski definition) is 6. The van der Waals surface area contributed by atoms with Crippen molar-refractivity contribution in [2.75, 3.05) is 0 Å². The topological polar surface area (TPSA) is 113 Å². The van der Waals surface area contributed by atoms with Gasteiger partial charge in [0, 0.05) is 29.3 Å². The van der Waals surface area contributed by atoms with Crippen LogP contribution < -0.4 is 4.74 Å². The van der Waals surface area contributed by atoms with Gasteiger partial charge in [0.25, 0.3) is 11.4 Å². The highest BCUT2D eigenvalue weighted by Crippen LogP contribution is 2.18. The van der Waals surface area contributed by atoms with Crippen molar-refractivity contribution in [3.8, 4) is 5.75 Å². The molecule has 28 heavy (non-hydrogen) atoms. The summed E-state index contributed by atoms with van der Waals surface area (Å²) in [5.41, 5.74) is 0.440. The monoisotopic (exact) mass is 400 g/mol. The molecule has 3 aromatic rings. The first-order valence-corrected chi connectivity index (χ1v) is 8.16. The van der Waals surface area contributed by atoms with Crippen molar-refractivity contribution in [3.63, 3.8) is 0 Å². The lowest BCUT2D eigenvalue weighted by atomic mass is 10.2. The minimum absolute atomic E-state index is 0.0467. The maximum absolute atomic E-state index is 11.7. The molecule has 0 bridgehead atoms. The molecule has 0 atom stereocenters. The van der Waals surface area contributed by atoms with E-state index in [-0.39, 0.29) is 17.1 Å². The van der Waals surface area contributed by atoms with Gasteiger partial charge in [-0.3, -0.25) is 20.2 Å². The average molecular weight is 401 g/mol. The Labute approximate surface area is 164 Å². The Kier molecular flexibility index (Phi) is 7.18. The van der Waals surface area contributed by atoms with Crippen LogP contribution in [0, 0.1) is 20.2 Å². The molecule has 9 heteroatoms. The summed E-state index contributed by atoms with van der Waals surface area (Å²) in [7, 11) is 0. The SMILES string of the molecule is O=C(Oc1ccc([N+](=O)[O-])cc1)c1ccccc1.O=[N+]([O-])c1ccc(Cl)cc1. The summed E-state index contributed by atoms with van der Waals surface area (Å²) in [6.07, 6.45) is 0. The van der Waals surface area contributed by atoms with Crippen molar-refractivity contribution in [3.05, 3.63) is 110 Å². The van der Waals surface area contributed by atoms with Crippen LogP contribution >= 0.6 is 11.6 Å². The van der Waals surface area contributed by atoms with Crippen molar-refractivity contribution in [1.29, 1.82) is 0 Å². The molecule has 0 amide bonds. The first-order valence-electron chi connectivity index (χ1n) is 7.78. The lowest BCUT2D eigenvalue weighted by molar-refractivity contribution is -0.385.